The summed E-state index contributed by atoms with van der Waals surface area (Å²) in [6.45, 7) is 9.07. The molecule has 4 aromatic rings. The highest BCUT2D eigenvalue weighted by Gasteiger charge is 2.30. The van der Waals surface area contributed by atoms with Crippen molar-refractivity contribution in [3.63, 3.8) is 0 Å². The minimum Gasteiger partial charge on any atom is -0.485 e. The SMILES string of the molecule is Cc1nc(-c2ccc(C(F)(F)F)cc2)sc1C(CCC1COCCO1)Oc1ccc2ccn(CC(=O)OC(C)(C)C)c2c1. The summed E-state index contributed by atoms with van der Waals surface area (Å²) >= 11 is 1.41. The number of fused-ring (bicyclic) bond motifs is 1. The fourth-order valence-corrected chi connectivity index (χ4v) is 6.10. The molecule has 0 amide bonds. The number of rotatable bonds is 9. The van der Waals surface area contributed by atoms with Crippen molar-refractivity contribution < 1.29 is 36.9 Å². The maximum absolute atomic E-state index is 13.1. The van der Waals surface area contributed by atoms with E-state index in [9.17, 15) is 18.0 Å². The lowest BCUT2D eigenvalue weighted by Gasteiger charge is -2.25. The number of ether oxygens (including phenoxy) is 4. The molecule has 2 aromatic heterocycles. The average Bonchev–Trinajstić information content (AvgIpc) is 3.53. The molecule has 0 bridgehead atoms. The summed E-state index contributed by atoms with van der Waals surface area (Å²) < 4.78 is 64.7. The van der Waals surface area contributed by atoms with Crippen LogP contribution in [-0.4, -0.2) is 47.0 Å². The van der Waals surface area contributed by atoms with Gasteiger partial charge in [-0.3, -0.25) is 4.79 Å². The van der Waals surface area contributed by atoms with Gasteiger partial charge in [-0.15, -0.1) is 11.3 Å². The number of benzene rings is 2. The van der Waals surface area contributed by atoms with Gasteiger partial charge in [0.05, 0.1) is 47.6 Å². The summed E-state index contributed by atoms with van der Waals surface area (Å²) in [5, 5.41) is 1.58. The number of carbonyl (C=O) groups is 1. The molecule has 7 nitrogen and oxygen atoms in total. The van der Waals surface area contributed by atoms with E-state index in [1.807, 2.05) is 62.7 Å². The molecule has 1 aliphatic rings. The summed E-state index contributed by atoms with van der Waals surface area (Å²) in [7, 11) is 0. The maximum atomic E-state index is 13.1. The highest BCUT2D eigenvalue weighted by Crippen LogP contribution is 2.38. The van der Waals surface area contributed by atoms with Gasteiger partial charge in [0.15, 0.2) is 0 Å². The second-order valence-corrected chi connectivity index (χ2v) is 12.6. The van der Waals surface area contributed by atoms with E-state index in [-0.39, 0.29) is 18.6 Å². The van der Waals surface area contributed by atoms with E-state index in [1.54, 1.807) is 0 Å². The van der Waals surface area contributed by atoms with Gasteiger partial charge in [0.25, 0.3) is 0 Å². The second kappa shape index (κ2) is 12.7. The van der Waals surface area contributed by atoms with Gasteiger partial charge in [-0.05, 0) is 76.3 Å². The topological polar surface area (TPSA) is 71.8 Å². The summed E-state index contributed by atoms with van der Waals surface area (Å²) in [6, 6.07) is 12.7. The van der Waals surface area contributed by atoms with Crippen LogP contribution in [0.5, 0.6) is 5.75 Å². The van der Waals surface area contributed by atoms with Gasteiger partial charge < -0.3 is 23.5 Å². The van der Waals surface area contributed by atoms with E-state index < -0.39 is 23.4 Å². The van der Waals surface area contributed by atoms with Crippen LogP contribution >= 0.6 is 11.3 Å². The highest BCUT2D eigenvalue weighted by molar-refractivity contribution is 7.15. The first-order chi connectivity index (χ1) is 20.4. The van der Waals surface area contributed by atoms with Crippen molar-refractivity contribution in [2.75, 3.05) is 19.8 Å². The molecule has 2 unspecified atom stereocenters. The van der Waals surface area contributed by atoms with Gasteiger partial charge in [0, 0.05) is 17.8 Å². The minimum absolute atomic E-state index is 0.0593. The molecule has 0 aliphatic carbocycles. The fourth-order valence-electron chi connectivity index (χ4n) is 4.97. The number of hydrogen-bond donors (Lipinski definition) is 0. The molecule has 2 atom stereocenters. The molecule has 2 aromatic carbocycles. The van der Waals surface area contributed by atoms with Crippen LogP contribution in [-0.2, 0) is 31.7 Å². The lowest BCUT2D eigenvalue weighted by atomic mass is 10.1. The molecule has 5 rings (SSSR count). The third kappa shape index (κ3) is 7.95. The molecule has 0 N–H and O–H groups in total. The van der Waals surface area contributed by atoms with Crippen molar-refractivity contribution in [1.82, 2.24) is 9.55 Å². The molecule has 1 saturated heterocycles. The van der Waals surface area contributed by atoms with Gasteiger partial charge >= 0.3 is 12.1 Å². The lowest BCUT2D eigenvalue weighted by molar-refractivity contribution is -0.155. The third-order valence-electron chi connectivity index (χ3n) is 6.96. The van der Waals surface area contributed by atoms with Crippen LogP contribution < -0.4 is 4.74 Å². The fraction of sp³-hybridized carbons (Fsp3) is 0.438. The zero-order chi connectivity index (χ0) is 30.8. The van der Waals surface area contributed by atoms with Crippen molar-refractivity contribution in [2.45, 2.75) is 71.1 Å². The number of esters is 1. The van der Waals surface area contributed by atoms with Crippen LogP contribution in [0.2, 0.25) is 0 Å². The standard InChI is InChI=1S/C32H35F3N2O5S/c1-20-29(43-30(36-20)22-5-8-23(9-6-22)32(33,34)35)27(12-11-25-19-39-15-16-40-25)41-24-10-7-21-13-14-37(26(21)17-24)18-28(38)42-31(2,3)4/h5-10,13-14,17,25,27H,11-12,15-16,18-19H2,1-4H3. The van der Waals surface area contributed by atoms with Gasteiger partial charge in [-0.1, -0.05) is 12.1 Å². The number of nitrogens with zero attached hydrogens (tertiary/aromatic N) is 2. The van der Waals surface area contributed by atoms with Crippen molar-refractivity contribution in [3.05, 3.63) is 70.9 Å². The Kier molecular flexibility index (Phi) is 9.15. The monoisotopic (exact) mass is 616 g/mol. The summed E-state index contributed by atoms with van der Waals surface area (Å²) in [6.07, 6.45) is -1.70. The molecule has 230 valence electrons. The van der Waals surface area contributed by atoms with Gasteiger partial charge in [0.2, 0.25) is 0 Å². The Labute approximate surface area is 252 Å². The second-order valence-electron chi connectivity index (χ2n) is 11.5. The van der Waals surface area contributed by atoms with Crippen LogP contribution in [0.15, 0.2) is 54.7 Å². The number of alkyl halides is 3. The Morgan fingerprint density at radius 3 is 2.56 bits per heavy atom. The van der Waals surface area contributed by atoms with Gasteiger partial charge in [-0.2, -0.15) is 13.2 Å². The molecule has 3 heterocycles. The zero-order valence-electron chi connectivity index (χ0n) is 24.6. The maximum Gasteiger partial charge on any atom is 0.416 e. The van der Waals surface area contributed by atoms with Crippen molar-refractivity contribution in [3.8, 4) is 16.3 Å². The predicted octanol–water partition coefficient (Wildman–Crippen LogP) is 7.75. The van der Waals surface area contributed by atoms with E-state index >= 15 is 0 Å². The van der Waals surface area contributed by atoms with Crippen molar-refractivity contribution in [1.29, 1.82) is 0 Å². The van der Waals surface area contributed by atoms with Crippen LogP contribution in [0.4, 0.5) is 13.2 Å². The molecule has 0 spiro atoms. The number of hydrogen-bond acceptors (Lipinski definition) is 7. The minimum atomic E-state index is -4.40. The summed E-state index contributed by atoms with van der Waals surface area (Å²) in [5.41, 5.74) is 0.905. The average molecular weight is 617 g/mol. The Morgan fingerprint density at radius 2 is 1.88 bits per heavy atom. The molecular formula is C32H35F3N2O5S. The van der Waals surface area contributed by atoms with Crippen molar-refractivity contribution in [2.24, 2.45) is 0 Å². The molecular weight excluding hydrogens is 581 g/mol. The smallest absolute Gasteiger partial charge is 0.416 e. The first kappa shape index (κ1) is 31.0. The van der Waals surface area contributed by atoms with E-state index in [4.69, 9.17) is 23.9 Å². The first-order valence-corrected chi connectivity index (χ1v) is 15.0. The number of aromatic nitrogens is 2. The highest BCUT2D eigenvalue weighted by atomic mass is 32.1. The number of carbonyl (C=O) groups excluding carboxylic acids is 1. The Bertz CT molecular complexity index is 1550. The number of thiazole rings is 1. The third-order valence-corrected chi connectivity index (χ3v) is 8.26. The number of halogens is 3. The van der Waals surface area contributed by atoms with Gasteiger partial charge in [0.1, 0.15) is 29.0 Å². The van der Waals surface area contributed by atoms with Crippen molar-refractivity contribution >= 4 is 28.2 Å². The molecule has 43 heavy (non-hydrogen) atoms. The quantitative estimate of drug-likeness (QED) is 0.179. The lowest BCUT2D eigenvalue weighted by Crippen LogP contribution is -2.29. The van der Waals surface area contributed by atoms with Crippen LogP contribution in [0.1, 0.15) is 55.9 Å². The Morgan fingerprint density at radius 1 is 1.12 bits per heavy atom. The summed E-state index contributed by atoms with van der Waals surface area (Å²) in [4.78, 5) is 18.1. The van der Waals surface area contributed by atoms with Crippen LogP contribution in [0.3, 0.4) is 0 Å². The molecule has 1 fully saturated rings. The van der Waals surface area contributed by atoms with E-state index in [1.165, 1.54) is 23.5 Å². The predicted molar refractivity (Wildman–Crippen MR) is 158 cm³/mol. The van der Waals surface area contributed by atoms with Crippen LogP contribution in [0, 0.1) is 6.92 Å². The first-order valence-electron chi connectivity index (χ1n) is 14.2. The van der Waals surface area contributed by atoms with Crippen LogP contribution in [0.25, 0.3) is 21.5 Å². The van der Waals surface area contributed by atoms with E-state index in [0.29, 0.717) is 49.0 Å². The number of aryl methyl sites for hydroxylation is 1. The van der Waals surface area contributed by atoms with Gasteiger partial charge in [-0.25, -0.2) is 4.98 Å². The molecule has 1 aliphatic heterocycles. The molecule has 0 saturated carbocycles. The largest absolute Gasteiger partial charge is 0.485 e. The van der Waals surface area contributed by atoms with E-state index in [0.717, 1.165) is 33.6 Å². The Balaban J connectivity index is 1.41. The molecule has 11 heteroatoms. The molecule has 0 radical (unpaired) electrons. The zero-order valence-corrected chi connectivity index (χ0v) is 25.4. The normalized spacial score (nSPS) is 16.8. The van der Waals surface area contributed by atoms with E-state index in [2.05, 4.69) is 0 Å². The Hall–Kier alpha value is -3.41. The summed E-state index contributed by atoms with van der Waals surface area (Å²) in [5.74, 6) is 0.284.